The van der Waals surface area contributed by atoms with Crippen molar-refractivity contribution in [2.24, 2.45) is 0 Å². The van der Waals surface area contributed by atoms with Crippen LogP contribution >= 0.6 is 11.3 Å². The third-order valence-electron chi connectivity index (χ3n) is 2.85. The Morgan fingerprint density at radius 2 is 2.00 bits per heavy atom. The molecule has 0 aliphatic carbocycles. The van der Waals surface area contributed by atoms with Crippen LogP contribution in [0.2, 0.25) is 0 Å². The minimum atomic E-state index is 0.435. The average molecular weight is 247 g/mol. The summed E-state index contributed by atoms with van der Waals surface area (Å²) in [4.78, 5) is 0. The van der Waals surface area contributed by atoms with E-state index in [1.54, 1.807) is 18.4 Å². The first kappa shape index (κ1) is 12.0. The molecule has 17 heavy (non-hydrogen) atoms. The molecule has 0 saturated heterocycles. The SMILES string of the molecule is COc1ccc(-c2cscc2N)cc1C(C)C. The summed E-state index contributed by atoms with van der Waals surface area (Å²) in [6.45, 7) is 4.33. The van der Waals surface area contributed by atoms with Crippen LogP contribution in [0.15, 0.2) is 29.0 Å². The first-order valence-electron chi connectivity index (χ1n) is 5.63. The van der Waals surface area contributed by atoms with Crippen LogP contribution in [0.1, 0.15) is 25.3 Å². The van der Waals surface area contributed by atoms with Gasteiger partial charge >= 0.3 is 0 Å². The highest BCUT2D eigenvalue weighted by atomic mass is 32.1. The number of benzene rings is 1. The van der Waals surface area contributed by atoms with E-state index >= 15 is 0 Å². The summed E-state index contributed by atoms with van der Waals surface area (Å²) in [7, 11) is 1.71. The van der Waals surface area contributed by atoms with Gasteiger partial charge < -0.3 is 10.5 Å². The standard InChI is InChI=1S/C14H17NOS/c1-9(2)11-6-10(4-5-14(11)16-3)12-7-17-8-13(12)15/h4-9H,15H2,1-3H3. The minimum Gasteiger partial charge on any atom is -0.496 e. The van der Waals surface area contributed by atoms with Crippen molar-refractivity contribution in [2.75, 3.05) is 12.8 Å². The highest BCUT2D eigenvalue weighted by Crippen LogP contribution is 2.35. The Labute approximate surface area is 106 Å². The second-order valence-electron chi connectivity index (χ2n) is 4.35. The second-order valence-corrected chi connectivity index (χ2v) is 5.10. The fourth-order valence-corrected chi connectivity index (χ4v) is 2.64. The minimum absolute atomic E-state index is 0.435. The average Bonchev–Trinajstić information content (AvgIpc) is 2.74. The lowest BCUT2D eigenvalue weighted by molar-refractivity contribution is 0.407. The summed E-state index contributed by atoms with van der Waals surface area (Å²) < 4.78 is 5.38. The summed E-state index contributed by atoms with van der Waals surface area (Å²) in [5.74, 6) is 1.38. The Morgan fingerprint density at radius 1 is 1.24 bits per heavy atom. The topological polar surface area (TPSA) is 35.2 Å². The highest BCUT2D eigenvalue weighted by molar-refractivity contribution is 7.08. The molecule has 0 radical (unpaired) electrons. The van der Waals surface area contributed by atoms with Crippen LogP contribution in [0.5, 0.6) is 5.75 Å². The number of nitrogens with two attached hydrogens (primary N) is 1. The molecule has 0 aliphatic rings. The zero-order valence-corrected chi connectivity index (χ0v) is 11.2. The quantitative estimate of drug-likeness (QED) is 0.885. The summed E-state index contributed by atoms with van der Waals surface area (Å²) in [5, 5.41) is 4.05. The van der Waals surface area contributed by atoms with Gasteiger partial charge in [-0.25, -0.2) is 0 Å². The van der Waals surface area contributed by atoms with Crippen molar-refractivity contribution >= 4 is 17.0 Å². The molecule has 0 unspecified atom stereocenters. The van der Waals surface area contributed by atoms with Gasteiger partial charge in [0.2, 0.25) is 0 Å². The van der Waals surface area contributed by atoms with Crippen molar-refractivity contribution < 1.29 is 4.74 Å². The van der Waals surface area contributed by atoms with Gasteiger partial charge in [-0.05, 0) is 29.2 Å². The molecular weight excluding hydrogens is 230 g/mol. The molecule has 2 nitrogen and oxygen atoms in total. The number of rotatable bonds is 3. The van der Waals surface area contributed by atoms with Crippen LogP contribution in [-0.4, -0.2) is 7.11 Å². The molecule has 0 spiro atoms. The van der Waals surface area contributed by atoms with Gasteiger partial charge in [0.15, 0.2) is 0 Å². The van der Waals surface area contributed by atoms with Gasteiger partial charge in [-0.3, -0.25) is 0 Å². The Kier molecular flexibility index (Phi) is 3.38. The summed E-state index contributed by atoms with van der Waals surface area (Å²) >= 11 is 1.63. The molecule has 2 aromatic rings. The van der Waals surface area contributed by atoms with E-state index in [1.807, 2.05) is 11.4 Å². The van der Waals surface area contributed by atoms with Crippen LogP contribution in [0, 0.1) is 0 Å². The Balaban J connectivity index is 2.51. The molecule has 0 saturated carbocycles. The van der Waals surface area contributed by atoms with Gasteiger partial charge in [0.1, 0.15) is 5.75 Å². The molecule has 0 bridgehead atoms. The number of nitrogen functional groups attached to an aromatic ring is 1. The fraction of sp³-hybridized carbons (Fsp3) is 0.286. The monoisotopic (exact) mass is 247 g/mol. The molecule has 90 valence electrons. The molecular formula is C14H17NOS. The van der Waals surface area contributed by atoms with Crippen LogP contribution in [-0.2, 0) is 0 Å². The number of hydrogen-bond acceptors (Lipinski definition) is 3. The zero-order valence-electron chi connectivity index (χ0n) is 10.4. The summed E-state index contributed by atoms with van der Waals surface area (Å²) in [6, 6.07) is 6.24. The normalized spacial score (nSPS) is 10.8. The van der Waals surface area contributed by atoms with Gasteiger partial charge in [0.05, 0.1) is 12.8 Å². The predicted molar refractivity (Wildman–Crippen MR) is 74.8 cm³/mol. The molecule has 1 aromatic heterocycles. The molecule has 0 amide bonds. The van der Waals surface area contributed by atoms with E-state index in [9.17, 15) is 0 Å². The first-order chi connectivity index (χ1) is 8.13. The lowest BCUT2D eigenvalue weighted by Crippen LogP contribution is -1.95. The Hall–Kier alpha value is -1.48. The predicted octanol–water partition coefficient (Wildman–Crippen LogP) is 4.13. The third kappa shape index (κ3) is 2.29. The molecule has 0 atom stereocenters. The van der Waals surface area contributed by atoms with E-state index in [2.05, 4.69) is 31.4 Å². The van der Waals surface area contributed by atoms with Crippen LogP contribution in [0.3, 0.4) is 0 Å². The number of anilines is 1. The largest absolute Gasteiger partial charge is 0.496 e. The summed E-state index contributed by atoms with van der Waals surface area (Å²) in [5.41, 5.74) is 10.3. The number of hydrogen-bond donors (Lipinski definition) is 1. The number of methoxy groups -OCH3 is 1. The van der Waals surface area contributed by atoms with E-state index in [1.165, 1.54) is 5.56 Å². The van der Waals surface area contributed by atoms with Crippen LogP contribution in [0.25, 0.3) is 11.1 Å². The van der Waals surface area contributed by atoms with E-state index in [-0.39, 0.29) is 0 Å². The van der Waals surface area contributed by atoms with Crippen LogP contribution < -0.4 is 10.5 Å². The second kappa shape index (κ2) is 4.80. The molecule has 2 N–H and O–H groups in total. The van der Waals surface area contributed by atoms with E-state index in [0.717, 1.165) is 22.6 Å². The van der Waals surface area contributed by atoms with Gasteiger partial charge in [0, 0.05) is 16.3 Å². The maximum atomic E-state index is 5.95. The first-order valence-corrected chi connectivity index (χ1v) is 6.57. The van der Waals surface area contributed by atoms with Gasteiger partial charge in [0.25, 0.3) is 0 Å². The number of ether oxygens (including phenoxy) is 1. The van der Waals surface area contributed by atoms with Crippen molar-refractivity contribution in [3.05, 3.63) is 34.5 Å². The van der Waals surface area contributed by atoms with Crippen molar-refractivity contribution in [1.82, 2.24) is 0 Å². The maximum absolute atomic E-state index is 5.95. The van der Waals surface area contributed by atoms with Crippen molar-refractivity contribution in [1.29, 1.82) is 0 Å². The molecule has 3 heteroatoms. The zero-order chi connectivity index (χ0) is 12.4. The summed E-state index contributed by atoms with van der Waals surface area (Å²) in [6.07, 6.45) is 0. The van der Waals surface area contributed by atoms with E-state index in [4.69, 9.17) is 10.5 Å². The fourth-order valence-electron chi connectivity index (χ4n) is 1.89. The Morgan fingerprint density at radius 3 is 2.53 bits per heavy atom. The molecule has 2 rings (SSSR count). The number of thiophene rings is 1. The van der Waals surface area contributed by atoms with E-state index in [0.29, 0.717) is 5.92 Å². The molecule has 0 fully saturated rings. The lowest BCUT2D eigenvalue weighted by Gasteiger charge is -2.13. The van der Waals surface area contributed by atoms with Crippen molar-refractivity contribution in [2.45, 2.75) is 19.8 Å². The lowest BCUT2D eigenvalue weighted by atomic mass is 9.97. The van der Waals surface area contributed by atoms with Crippen molar-refractivity contribution in [3.63, 3.8) is 0 Å². The third-order valence-corrected chi connectivity index (χ3v) is 3.62. The molecule has 1 aromatic carbocycles. The molecule has 0 aliphatic heterocycles. The van der Waals surface area contributed by atoms with E-state index < -0.39 is 0 Å². The highest BCUT2D eigenvalue weighted by Gasteiger charge is 2.11. The Bertz CT molecular complexity index is 517. The van der Waals surface area contributed by atoms with Gasteiger partial charge in [-0.2, -0.15) is 0 Å². The van der Waals surface area contributed by atoms with Gasteiger partial charge in [-0.15, -0.1) is 11.3 Å². The van der Waals surface area contributed by atoms with Gasteiger partial charge in [-0.1, -0.05) is 19.9 Å². The van der Waals surface area contributed by atoms with Crippen molar-refractivity contribution in [3.8, 4) is 16.9 Å². The maximum Gasteiger partial charge on any atom is 0.122 e. The smallest absolute Gasteiger partial charge is 0.122 e. The molecule has 1 heterocycles. The van der Waals surface area contributed by atoms with Crippen LogP contribution in [0.4, 0.5) is 5.69 Å².